The molecule has 0 bridgehead atoms. The minimum Gasteiger partial charge on any atom is -0.339 e. The van der Waals surface area contributed by atoms with Gasteiger partial charge in [-0.3, -0.25) is 4.68 Å². The van der Waals surface area contributed by atoms with Crippen molar-refractivity contribution >= 4 is 10.0 Å². The predicted molar refractivity (Wildman–Crippen MR) is 88.9 cm³/mol. The van der Waals surface area contributed by atoms with Crippen molar-refractivity contribution in [2.24, 2.45) is 7.05 Å². The topological polar surface area (TPSA) is 81.8 Å². The molecular formula is C16H23N5O2S. The van der Waals surface area contributed by atoms with Gasteiger partial charge in [0.25, 0.3) is 10.0 Å². The molecule has 2 saturated carbocycles. The smallest absolute Gasteiger partial charge is 0.259 e. The summed E-state index contributed by atoms with van der Waals surface area (Å²) in [5.41, 5.74) is 2.08. The summed E-state index contributed by atoms with van der Waals surface area (Å²) in [4.78, 5) is 3.91. The summed E-state index contributed by atoms with van der Waals surface area (Å²) in [6.07, 6.45) is 10.3. The molecule has 8 heteroatoms. The lowest BCUT2D eigenvalue weighted by Crippen LogP contribution is -2.24. The van der Waals surface area contributed by atoms with Crippen LogP contribution < -0.4 is 4.72 Å². The van der Waals surface area contributed by atoms with Crippen molar-refractivity contribution in [1.29, 1.82) is 0 Å². The van der Waals surface area contributed by atoms with E-state index in [0.29, 0.717) is 12.0 Å². The average Bonchev–Trinajstić information content (AvgIpc) is 2.96. The number of nitrogens with one attached hydrogen (secondary N) is 1. The number of hydrogen-bond donors (Lipinski definition) is 1. The molecule has 0 aliphatic heterocycles. The lowest BCUT2D eigenvalue weighted by atomic mass is 10.2. The Kier molecular flexibility index (Phi) is 3.96. The number of aromatic nitrogens is 4. The standard InChI is InChI=1S/C16H23N5O2S/c1-20-10-16(17-11-20)24(22,23)18-9-13-8-15(12-6-7-12)21(19-13)14-4-2-3-5-14/h8,10-12,14,18H,2-7,9H2,1H3. The van der Waals surface area contributed by atoms with Crippen LogP contribution in [0.5, 0.6) is 0 Å². The van der Waals surface area contributed by atoms with Crippen molar-refractivity contribution in [2.75, 3.05) is 0 Å². The van der Waals surface area contributed by atoms with E-state index in [1.807, 2.05) is 0 Å². The van der Waals surface area contributed by atoms with Crippen molar-refractivity contribution in [1.82, 2.24) is 24.1 Å². The second-order valence-electron chi connectivity index (χ2n) is 6.92. The first kappa shape index (κ1) is 15.8. The van der Waals surface area contributed by atoms with Gasteiger partial charge in [0.05, 0.1) is 24.6 Å². The van der Waals surface area contributed by atoms with Gasteiger partial charge < -0.3 is 4.57 Å². The molecule has 4 rings (SSSR count). The maximum Gasteiger partial charge on any atom is 0.259 e. The molecule has 2 aromatic heterocycles. The van der Waals surface area contributed by atoms with Gasteiger partial charge in [-0.2, -0.15) is 5.10 Å². The number of hydrogen-bond acceptors (Lipinski definition) is 4. The average molecular weight is 349 g/mol. The van der Waals surface area contributed by atoms with Gasteiger partial charge >= 0.3 is 0 Å². The van der Waals surface area contributed by atoms with E-state index in [0.717, 1.165) is 5.69 Å². The van der Waals surface area contributed by atoms with E-state index in [2.05, 4.69) is 20.5 Å². The molecule has 0 spiro atoms. The first-order valence-corrected chi connectivity index (χ1v) is 10.1. The van der Waals surface area contributed by atoms with Crippen molar-refractivity contribution in [3.05, 3.63) is 30.0 Å². The summed E-state index contributed by atoms with van der Waals surface area (Å²) in [7, 11) is -1.85. The van der Waals surface area contributed by atoms with E-state index >= 15 is 0 Å². The highest BCUT2D eigenvalue weighted by Crippen LogP contribution is 2.43. The molecule has 2 aromatic rings. The molecule has 7 nitrogen and oxygen atoms in total. The molecule has 2 fully saturated rings. The Hall–Kier alpha value is -1.67. The Morgan fingerprint density at radius 1 is 1.25 bits per heavy atom. The van der Waals surface area contributed by atoms with Crippen molar-refractivity contribution in [3.8, 4) is 0 Å². The minimum absolute atomic E-state index is 0.0441. The summed E-state index contributed by atoms with van der Waals surface area (Å²) in [5, 5.41) is 4.76. The van der Waals surface area contributed by atoms with Crippen LogP contribution in [0.15, 0.2) is 23.6 Å². The molecule has 2 aliphatic rings. The molecule has 2 aliphatic carbocycles. The quantitative estimate of drug-likeness (QED) is 0.866. The maximum absolute atomic E-state index is 12.3. The van der Waals surface area contributed by atoms with Crippen molar-refractivity contribution in [3.63, 3.8) is 0 Å². The van der Waals surface area contributed by atoms with Gasteiger partial charge in [0.1, 0.15) is 0 Å². The van der Waals surface area contributed by atoms with Crippen molar-refractivity contribution < 1.29 is 8.42 Å². The summed E-state index contributed by atoms with van der Waals surface area (Å²) in [5.74, 6) is 0.610. The molecule has 0 radical (unpaired) electrons. The van der Waals surface area contributed by atoms with E-state index in [4.69, 9.17) is 5.10 Å². The monoisotopic (exact) mass is 349 g/mol. The maximum atomic E-state index is 12.3. The number of aryl methyl sites for hydroxylation is 1. The predicted octanol–water partition coefficient (Wildman–Crippen LogP) is 2.09. The van der Waals surface area contributed by atoms with E-state index in [9.17, 15) is 8.42 Å². The van der Waals surface area contributed by atoms with Crippen LogP contribution in [0.3, 0.4) is 0 Å². The number of sulfonamides is 1. The lowest BCUT2D eigenvalue weighted by Gasteiger charge is -2.13. The summed E-state index contributed by atoms with van der Waals surface area (Å²) < 4.78 is 31.0. The first-order chi connectivity index (χ1) is 11.5. The Morgan fingerprint density at radius 2 is 2.00 bits per heavy atom. The molecule has 1 N–H and O–H groups in total. The molecule has 0 atom stereocenters. The second kappa shape index (κ2) is 6.00. The minimum atomic E-state index is -3.60. The van der Waals surface area contributed by atoms with Gasteiger partial charge in [-0.05, 0) is 31.7 Å². The zero-order valence-electron chi connectivity index (χ0n) is 13.9. The zero-order valence-corrected chi connectivity index (χ0v) is 14.7. The first-order valence-electron chi connectivity index (χ1n) is 8.59. The van der Waals surface area contributed by atoms with Crippen LogP contribution in [-0.2, 0) is 23.6 Å². The van der Waals surface area contributed by atoms with Crippen LogP contribution in [0, 0.1) is 0 Å². The molecule has 24 heavy (non-hydrogen) atoms. The summed E-state index contributed by atoms with van der Waals surface area (Å²) in [6.45, 7) is 0.207. The third-order valence-corrected chi connectivity index (χ3v) is 6.17. The zero-order chi connectivity index (χ0) is 16.7. The number of rotatable bonds is 6. The fraction of sp³-hybridized carbons (Fsp3) is 0.625. The Morgan fingerprint density at radius 3 is 2.62 bits per heavy atom. The molecule has 130 valence electrons. The van der Waals surface area contributed by atoms with Gasteiger partial charge in [0.2, 0.25) is 0 Å². The van der Waals surface area contributed by atoms with Gasteiger partial charge in [-0.15, -0.1) is 0 Å². The largest absolute Gasteiger partial charge is 0.339 e. The lowest BCUT2D eigenvalue weighted by molar-refractivity contribution is 0.446. The van der Waals surface area contributed by atoms with E-state index < -0.39 is 10.0 Å². The normalized spacial score (nSPS) is 19.2. The Balaban J connectivity index is 1.51. The van der Waals surface area contributed by atoms with Gasteiger partial charge in [-0.25, -0.2) is 18.1 Å². The van der Waals surface area contributed by atoms with E-state index in [1.165, 1.54) is 56.7 Å². The Bertz CT molecular complexity index is 829. The number of nitrogens with zero attached hydrogens (tertiary/aromatic N) is 4. The fourth-order valence-electron chi connectivity index (χ4n) is 3.44. The SMILES string of the molecule is Cn1cnc(S(=O)(=O)NCc2cc(C3CC3)n(C3CCCC3)n2)c1. The third-order valence-electron chi connectivity index (χ3n) is 4.88. The van der Waals surface area contributed by atoms with Crippen LogP contribution in [-0.4, -0.2) is 27.7 Å². The van der Waals surface area contributed by atoms with Crippen LogP contribution >= 0.6 is 0 Å². The van der Waals surface area contributed by atoms with Gasteiger partial charge in [0.15, 0.2) is 5.03 Å². The third kappa shape index (κ3) is 3.12. The van der Waals surface area contributed by atoms with Crippen molar-refractivity contribution in [2.45, 2.75) is 62.1 Å². The summed E-state index contributed by atoms with van der Waals surface area (Å²) in [6, 6.07) is 2.57. The van der Waals surface area contributed by atoms with E-state index in [1.54, 1.807) is 11.6 Å². The van der Waals surface area contributed by atoms with Crippen LogP contribution in [0.25, 0.3) is 0 Å². The highest BCUT2D eigenvalue weighted by molar-refractivity contribution is 7.89. The molecule has 0 aromatic carbocycles. The van der Waals surface area contributed by atoms with Gasteiger partial charge in [0, 0.05) is 24.9 Å². The molecule has 0 saturated heterocycles. The molecule has 0 amide bonds. The van der Waals surface area contributed by atoms with Crippen LogP contribution in [0.2, 0.25) is 0 Å². The second-order valence-corrected chi connectivity index (χ2v) is 8.63. The fourth-order valence-corrected chi connectivity index (χ4v) is 4.42. The summed E-state index contributed by atoms with van der Waals surface area (Å²) >= 11 is 0. The van der Waals surface area contributed by atoms with Crippen LogP contribution in [0.1, 0.15) is 61.9 Å². The van der Waals surface area contributed by atoms with Crippen LogP contribution in [0.4, 0.5) is 0 Å². The molecule has 0 unspecified atom stereocenters. The van der Waals surface area contributed by atoms with E-state index in [-0.39, 0.29) is 11.6 Å². The highest BCUT2D eigenvalue weighted by atomic mass is 32.2. The molecule has 2 heterocycles. The molecular weight excluding hydrogens is 326 g/mol. The number of imidazole rings is 1. The Labute approximate surface area is 142 Å². The highest BCUT2D eigenvalue weighted by Gasteiger charge is 2.31. The van der Waals surface area contributed by atoms with Gasteiger partial charge in [-0.1, -0.05) is 12.8 Å².